The number of hydrogen-bond acceptors (Lipinski definition) is 3. The molecule has 1 aromatic carbocycles. The first kappa shape index (κ1) is 15.7. The Kier molecular flexibility index (Phi) is 5.03. The highest BCUT2D eigenvalue weighted by atomic mass is 127. The van der Waals surface area contributed by atoms with Gasteiger partial charge in [0.2, 0.25) is 10.0 Å². The van der Waals surface area contributed by atoms with Crippen molar-refractivity contribution in [2.24, 2.45) is 0 Å². The third-order valence-corrected chi connectivity index (χ3v) is 6.21. The van der Waals surface area contributed by atoms with Crippen LogP contribution in [0.1, 0.15) is 36.0 Å². The predicted octanol–water partition coefficient (Wildman–Crippen LogP) is 2.55. The highest BCUT2D eigenvalue weighted by Crippen LogP contribution is 2.23. The van der Waals surface area contributed by atoms with Gasteiger partial charge in [-0.1, -0.05) is 12.8 Å². The quantitative estimate of drug-likeness (QED) is 0.779. The number of carboxylic acid groups (broad SMARTS) is 1. The van der Waals surface area contributed by atoms with Crippen LogP contribution in [0.4, 0.5) is 0 Å². The zero-order valence-electron chi connectivity index (χ0n) is 10.9. The van der Waals surface area contributed by atoms with E-state index in [1.807, 2.05) is 22.6 Å². The van der Waals surface area contributed by atoms with Crippen LogP contribution in [-0.4, -0.2) is 36.9 Å². The van der Waals surface area contributed by atoms with Crippen LogP contribution < -0.4 is 0 Å². The minimum atomic E-state index is -3.59. The molecular weight excluding hydrogens is 393 g/mol. The summed E-state index contributed by atoms with van der Waals surface area (Å²) in [6.07, 6.45) is 3.79. The van der Waals surface area contributed by atoms with Gasteiger partial charge in [0, 0.05) is 16.7 Å². The van der Waals surface area contributed by atoms with Crippen molar-refractivity contribution < 1.29 is 18.3 Å². The lowest BCUT2D eigenvalue weighted by atomic mass is 10.2. The van der Waals surface area contributed by atoms with E-state index in [2.05, 4.69) is 0 Å². The maximum atomic E-state index is 12.6. The topological polar surface area (TPSA) is 74.7 Å². The van der Waals surface area contributed by atoms with E-state index in [9.17, 15) is 13.2 Å². The molecule has 1 N–H and O–H groups in total. The summed E-state index contributed by atoms with van der Waals surface area (Å²) in [4.78, 5) is 11.2. The summed E-state index contributed by atoms with van der Waals surface area (Å²) < 4.78 is 27.1. The monoisotopic (exact) mass is 409 g/mol. The van der Waals surface area contributed by atoms with Crippen molar-refractivity contribution in [3.8, 4) is 0 Å². The van der Waals surface area contributed by atoms with Gasteiger partial charge in [-0.3, -0.25) is 0 Å². The fourth-order valence-electron chi connectivity index (χ4n) is 2.26. The molecule has 1 fully saturated rings. The van der Waals surface area contributed by atoms with Crippen LogP contribution in [0.15, 0.2) is 23.1 Å². The van der Waals surface area contributed by atoms with Gasteiger partial charge in [0.15, 0.2) is 0 Å². The Labute approximate surface area is 132 Å². The molecule has 110 valence electrons. The molecule has 1 saturated heterocycles. The number of aromatic carboxylic acids is 1. The molecule has 7 heteroatoms. The Morgan fingerprint density at radius 1 is 1.15 bits per heavy atom. The van der Waals surface area contributed by atoms with E-state index in [0.717, 1.165) is 25.7 Å². The number of rotatable bonds is 3. The van der Waals surface area contributed by atoms with E-state index in [-0.39, 0.29) is 10.5 Å². The molecule has 0 aromatic heterocycles. The Hall–Kier alpha value is -0.670. The van der Waals surface area contributed by atoms with E-state index >= 15 is 0 Å². The minimum Gasteiger partial charge on any atom is -0.478 e. The zero-order chi connectivity index (χ0) is 14.8. The van der Waals surface area contributed by atoms with Crippen LogP contribution in [0.2, 0.25) is 0 Å². The Bertz CT molecular complexity index is 607. The second kappa shape index (κ2) is 6.40. The number of sulfonamides is 1. The molecule has 1 heterocycles. The fourth-order valence-corrected chi connectivity index (χ4v) is 4.37. The van der Waals surface area contributed by atoms with Crippen LogP contribution >= 0.6 is 22.6 Å². The van der Waals surface area contributed by atoms with Crippen LogP contribution in [0.3, 0.4) is 0 Å². The number of benzene rings is 1. The standard InChI is InChI=1S/C13H16INO4S/c14-12-6-5-10(9-11(12)13(16)17)20(18,19)15-7-3-1-2-4-8-15/h5-6,9H,1-4,7-8H2,(H,16,17). The predicted molar refractivity (Wildman–Crippen MR) is 83.3 cm³/mol. The SMILES string of the molecule is O=C(O)c1cc(S(=O)(=O)N2CCCCCC2)ccc1I. The van der Waals surface area contributed by atoms with E-state index in [0.29, 0.717) is 16.7 Å². The Morgan fingerprint density at radius 2 is 1.75 bits per heavy atom. The Morgan fingerprint density at radius 3 is 2.30 bits per heavy atom. The van der Waals surface area contributed by atoms with E-state index < -0.39 is 16.0 Å². The van der Waals surface area contributed by atoms with Gasteiger partial charge in [0.05, 0.1) is 10.5 Å². The lowest BCUT2D eigenvalue weighted by Crippen LogP contribution is -2.32. The third-order valence-electron chi connectivity index (χ3n) is 3.37. The zero-order valence-corrected chi connectivity index (χ0v) is 13.9. The summed E-state index contributed by atoms with van der Waals surface area (Å²) >= 11 is 1.89. The number of hydrogen-bond donors (Lipinski definition) is 1. The average molecular weight is 409 g/mol. The number of nitrogens with zero attached hydrogens (tertiary/aromatic N) is 1. The lowest BCUT2D eigenvalue weighted by molar-refractivity contribution is 0.0695. The lowest BCUT2D eigenvalue weighted by Gasteiger charge is -2.20. The first-order chi connectivity index (χ1) is 9.43. The van der Waals surface area contributed by atoms with E-state index in [4.69, 9.17) is 5.11 Å². The molecule has 0 saturated carbocycles. The summed E-state index contributed by atoms with van der Waals surface area (Å²) in [5.41, 5.74) is 0.0292. The molecule has 20 heavy (non-hydrogen) atoms. The first-order valence-corrected chi connectivity index (χ1v) is 8.98. The molecular formula is C13H16INO4S. The normalized spacial score (nSPS) is 17.6. The minimum absolute atomic E-state index is 0.0292. The molecule has 1 aliphatic rings. The van der Waals surface area contributed by atoms with Crippen LogP contribution in [0.25, 0.3) is 0 Å². The van der Waals surface area contributed by atoms with Gasteiger partial charge in [0.25, 0.3) is 0 Å². The molecule has 5 nitrogen and oxygen atoms in total. The molecule has 0 radical (unpaired) electrons. The molecule has 2 rings (SSSR count). The van der Waals surface area contributed by atoms with E-state index in [1.165, 1.54) is 22.5 Å². The van der Waals surface area contributed by atoms with Crippen molar-refractivity contribution in [3.05, 3.63) is 27.3 Å². The summed E-state index contributed by atoms with van der Waals surface area (Å²) in [6.45, 7) is 1.02. The average Bonchev–Trinajstić information content (AvgIpc) is 2.67. The summed E-state index contributed by atoms with van der Waals surface area (Å²) in [5.74, 6) is -1.11. The number of carboxylic acids is 1. The van der Waals surface area contributed by atoms with Gasteiger partial charge < -0.3 is 5.11 Å². The summed E-state index contributed by atoms with van der Waals surface area (Å²) in [7, 11) is -3.59. The third kappa shape index (κ3) is 3.32. The maximum absolute atomic E-state index is 12.6. The van der Waals surface area contributed by atoms with Crippen LogP contribution in [0.5, 0.6) is 0 Å². The molecule has 0 aliphatic carbocycles. The smallest absolute Gasteiger partial charge is 0.336 e. The largest absolute Gasteiger partial charge is 0.478 e. The second-order valence-corrected chi connectivity index (χ2v) is 7.87. The first-order valence-electron chi connectivity index (χ1n) is 6.46. The van der Waals surface area contributed by atoms with Gasteiger partial charge in [-0.2, -0.15) is 4.31 Å². The Balaban J connectivity index is 2.38. The van der Waals surface area contributed by atoms with Gasteiger partial charge in [-0.25, -0.2) is 13.2 Å². The highest BCUT2D eigenvalue weighted by Gasteiger charge is 2.26. The van der Waals surface area contributed by atoms with Crippen LogP contribution in [0, 0.1) is 3.57 Å². The van der Waals surface area contributed by atoms with Crippen molar-refractivity contribution in [1.29, 1.82) is 0 Å². The van der Waals surface area contributed by atoms with Gasteiger partial charge >= 0.3 is 5.97 Å². The molecule has 0 amide bonds. The maximum Gasteiger partial charge on any atom is 0.336 e. The fraction of sp³-hybridized carbons (Fsp3) is 0.462. The van der Waals surface area contributed by atoms with Crippen molar-refractivity contribution in [3.63, 3.8) is 0 Å². The van der Waals surface area contributed by atoms with Gasteiger partial charge in [0.1, 0.15) is 0 Å². The number of halogens is 1. The van der Waals surface area contributed by atoms with Crippen molar-refractivity contribution in [2.45, 2.75) is 30.6 Å². The van der Waals surface area contributed by atoms with Crippen LogP contribution in [-0.2, 0) is 10.0 Å². The molecule has 1 aromatic rings. The highest BCUT2D eigenvalue weighted by molar-refractivity contribution is 14.1. The van der Waals surface area contributed by atoms with Gasteiger partial charge in [-0.05, 0) is 53.6 Å². The van der Waals surface area contributed by atoms with Gasteiger partial charge in [-0.15, -0.1) is 0 Å². The number of carbonyl (C=O) groups is 1. The van der Waals surface area contributed by atoms with Crippen molar-refractivity contribution in [1.82, 2.24) is 4.31 Å². The molecule has 1 aliphatic heterocycles. The van der Waals surface area contributed by atoms with Crippen molar-refractivity contribution >= 4 is 38.6 Å². The molecule has 0 atom stereocenters. The summed E-state index contributed by atoms with van der Waals surface area (Å²) in [6, 6.07) is 4.27. The molecule has 0 unspecified atom stereocenters. The molecule has 0 bridgehead atoms. The van der Waals surface area contributed by atoms with E-state index in [1.54, 1.807) is 0 Å². The van der Waals surface area contributed by atoms with Crippen molar-refractivity contribution in [2.75, 3.05) is 13.1 Å². The summed E-state index contributed by atoms with van der Waals surface area (Å²) in [5, 5.41) is 9.10. The second-order valence-electron chi connectivity index (χ2n) is 4.77. The molecule has 0 spiro atoms.